The summed E-state index contributed by atoms with van der Waals surface area (Å²) >= 11 is 0. The van der Waals surface area contributed by atoms with Gasteiger partial charge in [-0.2, -0.15) is 17.2 Å². The quantitative estimate of drug-likeness (QED) is 0.440. The lowest BCUT2D eigenvalue weighted by Crippen LogP contribution is -2.54. The molecule has 24 heavy (non-hydrogen) atoms. The first-order valence-electron chi connectivity index (χ1n) is 8.10. The molecule has 0 aromatic carbocycles. The first kappa shape index (κ1) is 17.7. The number of esters is 1. The molecule has 0 spiro atoms. The number of carbonyl (C=O) groups excluding carboxylic acids is 2. The number of halogens is 2. The summed E-state index contributed by atoms with van der Waals surface area (Å²) in [6.07, 6.45) is 1.78. The summed E-state index contributed by atoms with van der Waals surface area (Å²) in [7, 11) is -5.46. The highest BCUT2D eigenvalue weighted by atomic mass is 32.2. The molecule has 1 N–H and O–H groups in total. The van der Waals surface area contributed by atoms with Crippen LogP contribution in [-0.2, 0) is 24.4 Å². The average molecular weight is 366 g/mol. The Bertz CT molecular complexity index is 641. The molecule has 0 saturated heterocycles. The maximum Gasteiger partial charge on any atom is 0.370 e. The van der Waals surface area contributed by atoms with E-state index in [0.29, 0.717) is 25.2 Å². The highest BCUT2D eigenvalue weighted by Gasteiger charge is 2.59. The molecule has 6 nitrogen and oxygen atoms in total. The predicted molar refractivity (Wildman–Crippen MR) is 77.7 cm³/mol. The zero-order valence-corrected chi connectivity index (χ0v) is 13.9. The van der Waals surface area contributed by atoms with Crippen LogP contribution in [0.4, 0.5) is 8.78 Å². The lowest BCUT2D eigenvalue weighted by molar-refractivity contribution is -0.174. The third kappa shape index (κ3) is 2.96. The Balaban J connectivity index is 1.54. The van der Waals surface area contributed by atoms with E-state index in [1.807, 2.05) is 0 Å². The summed E-state index contributed by atoms with van der Waals surface area (Å²) in [6, 6.07) is 0. The van der Waals surface area contributed by atoms with E-state index in [1.54, 1.807) is 0 Å². The summed E-state index contributed by atoms with van der Waals surface area (Å²) in [4.78, 5) is 24.5. The number of ether oxygens (including phenoxy) is 1. The zero-order valence-electron chi connectivity index (χ0n) is 13.0. The summed E-state index contributed by atoms with van der Waals surface area (Å²) in [5.41, 5.74) is -0.685. The molecular formula is C15H20F2O6S. The van der Waals surface area contributed by atoms with Crippen molar-refractivity contribution in [1.82, 2.24) is 0 Å². The van der Waals surface area contributed by atoms with Gasteiger partial charge in [0.2, 0.25) is 0 Å². The predicted octanol–water partition coefficient (Wildman–Crippen LogP) is 2.19. The smallest absolute Gasteiger partial charge is 0.370 e. The molecule has 0 aromatic rings. The molecule has 4 saturated carbocycles. The Hall–Kier alpha value is -1.09. The van der Waals surface area contributed by atoms with E-state index < -0.39 is 33.2 Å². The van der Waals surface area contributed by atoms with Gasteiger partial charge in [0, 0.05) is 18.3 Å². The number of carbonyl (C=O) groups is 2. The van der Waals surface area contributed by atoms with Gasteiger partial charge in [-0.05, 0) is 44.4 Å². The van der Waals surface area contributed by atoms with Gasteiger partial charge in [-0.1, -0.05) is 0 Å². The topological polar surface area (TPSA) is 97.7 Å². The van der Waals surface area contributed by atoms with Crippen molar-refractivity contribution in [2.75, 3.05) is 6.61 Å². The molecular weight excluding hydrogens is 346 g/mol. The van der Waals surface area contributed by atoms with E-state index in [9.17, 15) is 26.8 Å². The highest BCUT2D eigenvalue weighted by Crippen LogP contribution is 2.59. The van der Waals surface area contributed by atoms with Crippen LogP contribution in [0.15, 0.2) is 0 Å². The molecule has 2 unspecified atom stereocenters. The van der Waals surface area contributed by atoms with Crippen LogP contribution in [0.1, 0.15) is 44.9 Å². The van der Waals surface area contributed by atoms with Crippen molar-refractivity contribution in [1.29, 1.82) is 0 Å². The number of rotatable bonds is 6. The van der Waals surface area contributed by atoms with Crippen molar-refractivity contribution in [2.45, 2.75) is 50.2 Å². The molecule has 4 aliphatic carbocycles. The Morgan fingerprint density at radius 2 is 1.83 bits per heavy atom. The fraction of sp³-hybridized carbons (Fsp3) is 0.867. The molecule has 0 radical (unpaired) electrons. The van der Waals surface area contributed by atoms with E-state index in [-0.39, 0.29) is 30.6 Å². The van der Waals surface area contributed by atoms with Crippen LogP contribution in [0, 0.1) is 23.2 Å². The Kier molecular flexibility index (Phi) is 4.23. The zero-order chi connectivity index (χ0) is 17.8. The minimum atomic E-state index is -5.46. The molecule has 0 aromatic heterocycles. The normalized spacial score (nSPS) is 35.3. The number of ketones is 1. The molecule has 4 rings (SSSR count). The Morgan fingerprint density at radius 3 is 2.38 bits per heavy atom. The average Bonchev–Trinajstić information content (AvgIpc) is 2.46. The van der Waals surface area contributed by atoms with Gasteiger partial charge < -0.3 is 4.74 Å². The van der Waals surface area contributed by atoms with E-state index in [1.165, 1.54) is 0 Å². The number of hydrogen-bond donors (Lipinski definition) is 1. The maximum absolute atomic E-state index is 13.1. The van der Waals surface area contributed by atoms with Crippen molar-refractivity contribution in [3.05, 3.63) is 0 Å². The first-order chi connectivity index (χ1) is 11.0. The van der Waals surface area contributed by atoms with Crippen LogP contribution < -0.4 is 0 Å². The van der Waals surface area contributed by atoms with Gasteiger partial charge in [-0.15, -0.1) is 0 Å². The summed E-state index contributed by atoms with van der Waals surface area (Å²) in [5.74, 6) is -0.0660. The number of alkyl halides is 2. The lowest BCUT2D eigenvalue weighted by atomic mass is 9.49. The van der Waals surface area contributed by atoms with Gasteiger partial charge in [0.15, 0.2) is 0 Å². The van der Waals surface area contributed by atoms with Crippen LogP contribution in [0.5, 0.6) is 0 Å². The van der Waals surface area contributed by atoms with Crippen molar-refractivity contribution in [3.8, 4) is 0 Å². The van der Waals surface area contributed by atoms with Gasteiger partial charge in [0.25, 0.3) is 0 Å². The Labute approximate surface area is 138 Å². The van der Waals surface area contributed by atoms with Crippen LogP contribution in [-0.4, -0.2) is 36.6 Å². The second-order valence-corrected chi connectivity index (χ2v) is 8.93. The molecule has 0 amide bonds. The van der Waals surface area contributed by atoms with E-state index in [0.717, 1.165) is 12.8 Å². The van der Waals surface area contributed by atoms with Gasteiger partial charge in [-0.3, -0.25) is 14.1 Å². The largest absolute Gasteiger partial charge is 0.465 e. The van der Waals surface area contributed by atoms with Gasteiger partial charge in [0.05, 0.1) is 12.0 Å². The summed E-state index contributed by atoms with van der Waals surface area (Å²) in [5, 5.41) is -4.24. The molecule has 2 atom stereocenters. The van der Waals surface area contributed by atoms with Gasteiger partial charge in [0.1, 0.15) is 5.78 Å². The van der Waals surface area contributed by atoms with Gasteiger partial charge >= 0.3 is 21.3 Å². The molecule has 9 heteroatoms. The lowest BCUT2D eigenvalue weighted by Gasteiger charge is -2.53. The first-order valence-corrected chi connectivity index (χ1v) is 9.54. The standard InChI is InChI=1S/C15H20F2O6S/c16-15(17,24(20,21)22)2-1-3-23-13(19)14-6-9-4-10(7-14)12(18)11(5-9)8-14/h9-11H,1-8H2,(H,20,21,22). The van der Waals surface area contributed by atoms with Crippen LogP contribution in [0.3, 0.4) is 0 Å². The molecule has 136 valence electrons. The van der Waals surface area contributed by atoms with Crippen LogP contribution in [0.25, 0.3) is 0 Å². The SMILES string of the molecule is O=C1C2CC3CC1CC(C(=O)OCCCC(F)(F)S(=O)(=O)O)(C3)C2. The van der Waals surface area contributed by atoms with Crippen molar-refractivity contribution in [3.63, 3.8) is 0 Å². The van der Waals surface area contributed by atoms with Crippen molar-refractivity contribution in [2.24, 2.45) is 23.2 Å². The molecule has 4 bridgehead atoms. The second kappa shape index (κ2) is 5.72. The second-order valence-electron chi connectivity index (χ2n) is 7.38. The highest BCUT2D eigenvalue weighted by molar-refractivity contribution is 7.86. The number of Topliss-reactive ketones (excluding diaryl/α,β-unsaturated/α-hetero) is 1. The fourth-order valence-corrected chi connectivity index (χ4v) is 5.12. The summed E-state index contributed by atoms with van der Waals surface area (Å²) in [6.45, 7) is -0.334. The van der Waals surface area contributed by atoms with Crippen LogP contribution >= 0.6 is 0 Å². The fourth-order valence-electron chi connectivity index (χ4n) is 4.72. The minimum Gasteiger partial charge on any atom is -0.465 e. The Morgan fingerprint density at radius 1 is 1.25 bits per heavy atom. The minimum absolute atomic E-state index is 0.0901. The van der Waals surface area contributed by atoms with E-state index >= 15 is 0 Å². The van der Waals surface area contributed by atoms with Crippen molar-refractivity contribution < 1.29 is 36.1 Å². The van der Waals surface area contributed by atoms with Crippen LogP contribution in [0.2, 0.25) is 0 Å². The maximum atomic E-state index is 13.1. The van der Waals surface area contributed by atoms with E-state index in [4.69, 9.17) is 9.29 Å². The third-order valence-corrected chi connectivity index (χ3v) is 6.61. The van der Waals surface area contributed by atoms with Crippen molar-refractivity contribution >= 4 is 21.9 Å². The molecule has 0 heterocycles. The monoisotopic (exact) mass is 366 g/mol. The number of hydrogen-bond acceptors (Lipinski definition) is 5. The molecule has 4 fully saturated rings. The molecule has 4 aliphatic rings. The van der Waals surface area contributed by atoms with E-state index in [2.05, 4.69) is 0 Å². The molecule has 0 aliphatic heterocycles. The third-order valence-electron chi connectivity index (χ3n) is 5.65. The van der Waals surface area contributed by atoms with Gasteiger partial charge in [-0.25, -0.2) is 0 Å². The summed E-state index contributed by atoms with van der Waals surface area (Å²) < 4.78 is 60.7.